The zero-order chi connectivity index (χ0) is 19.9. The molecular formula is C16H28N2O5SSi2. The molecule has 146 valence electrons. The minimum Gasteiger partial charge on any atom is -0.515 e. The van der Waals surface area contributed by atoms with E-state index in [0.717, 1.165) is 0 Å². The van der Waals surface area contributed by atoms with Gasteiger partial charge >= 0.3 is 11.9 Å². The van der Waals surface area contributed by atoms with Gasteiger partial charge in [0, 0.05) is 18.2 Å². The van der Waals surface area contributed by atoms with Crippen molar-refractivity contribution >= 4 is 46.2 Å². The number of β-lactam (4-membered cyclic amide) rings is 1. The van der Waals surface area contributed by atoms with Crippen molar-refractivity contribution in [1.82, 2.24) is 9.88 Å². The summed E-state index contributed by atoms with van der Waals surface area (Å²) in [6.45, 7) is 13.5. The first-order valence-corrected chi connectivity index (χ1v) is 16.6. The Morgan fingerprint density at radius 3 is 2.35 bits per heavy atom. The van der Waals surface area contributed by atoms with Crippen molar-refractivity contribution in [2.24, 2.45) is 0 Å². The molecule has 7 nitrogen and oxygen atoms in total. The number of fused-ring (bicyclic) bond motifs is 1. The molecule has 2 rings (SSSR count). The van der Waals surface area contributed by atoms with Crippen molar-refractivity contribution in [2.75, 3.05) is 12.4 Å². The number of hydrogen-bond donors (Lipinski definition) is 1. The normalized spacial score (nSPS) is 23.3. The van der Waals surface area contributed by atoms with Crippen LogP contribution in [0.5, 0.6) is 0 Å². The van der Waals surface area contributed by atoms with E-state index in [1.165, 1.54) is 11.8 Å². The summed E-state index contributed by atoms with van der Waals surface area (Å²) in [5.41, 5.74) is 0.889. The molecular weight excluding hydrogens is 388 g/mol. The maximum atomic E-state index is 12.8. The second-order valence-corrected chi connectivity index (χ2v) is 18.8. The SMILES string of the molecule is CC(=O)OCC1=C(C(=O)O[Si](C)(C)C)N2C(=O)[C@@H](N[Si](C)(C)C)[C@H]2SC1. The molecule has 1 fully saturated rings. The second-order valence-electron chi connectivity index (χ2n) is 8.52. The molecule has 2 aliphatic rings. The maximum Gasteiger partial charge on any atom is 0.341 e. The molecule has 0 unspecified atom stereocenters. The van der Waals surface area contributed by atoms with Crippen molar-refractivity contribution < 1.29 is 23.5 Å². The molecule has 0 spiro atoms. The third-order valence-corrected chi connectivity index (χ3v) is 6.99. The standard InChI is InChI=1S/C16H28N2O5SSi2/c1-10(19)22-8-11-9-24-15-12(17-25(2,3)4)14(20)18(15)13(11)16(21)23-26(5,6)7/h12,15,17H,8-9H2,1-7H3/t12-,15-/m1/s1. The molecule has 26 heavy (non-hydrogen) atoms. The lowest BCUT2D eigenvalue weighted by Crippen LogP contribution is -2.73. The van der Waals surface area contributed by atoms with Crippen molar-refractivity contribution in [3.8, 4) is 0 Å². The summed E-state index contributed by atoms with van der Waals surface area (Å²) in [5.74, 6) is -0.499. The van der Waals surface area contributed by atoms with Gasteiger partial charge in [-0.15, -0.1) is 11.8 Å². The lowest BCUT2D eigenvalue weighted by Gasteiger charge is -2.51. The Hall–Kier alpha value is -1.11. The smallest absolute Gasteiger partial charge is 0.341 e. The molecule has 0 aliphatic carbocycles. The number of ether oxygens (including phenoxy) is 1. The summed E-state index contributed by atoms with van der Waals surface area (Å²) in [6, 6.07) is -0.281. The van der Waals surface area contributed by atoms with Crippen LogP contribution in [0.25, 0.3) is 0 Å². The molecule has 0 aromatic carbocycles. The number of thioether (sulfide) groups is 1. The molecule has 0 radical (unpaired) electrons. The van der Waals surface area contributed by atoms with Crippen LogP contribution in [0.1, 0.15) is 6.92 Å². The molecule has 2 atom stereocenters. The topological polar surface area (TPSA) is 84.9 Å². The first-order chi connectivity index (χ1) is 11.8. The zero-order valence-electron chi connectivity index (χ0n) is 16.5. The van der Waals surface area contributed by atoms with Gasteiger partial charge in [-0.25, -0.2) is 4.79 Å². The van der Waals surface area contributed by atoms with Crippen LogP contribution in [0, 0.1) is 0 Å². The zero-order valence-corrected chi connectivity index (χ0v) is 19.3. The van der Waals surface area contributed by atoms with E-state index in [1.54, 1.807) is 11.8 Å². The van der Waals surface area contributed by atoms with Crippen LogP contribution >= 0.6 is 11.8 Å². The van der Waals surface area contributed by atoms with Gasteiger partial charge in [0.15, 0.2) is 0 Å². The number of carbonyl (C=O) groups excluding carboxylic acids is 3. The minimum atomic E-state index is -2.13. The Labute approximate surface area is 161 Å². The fraction of sp³-hybridized carbons (Fsp3) is 0.688. The second kappa shape index (κ2) is 7.49. The lowest BCUT2D eigenvalue weighted by molar-refractivity contribution is -0.148. The number of rotatable bonds is 6. The fourth-order valence-corrected chi connectivity index (χ4v) is 6.08. The van der Waals surface area contributed by atoms with Gasteiger partial charge in [0.25, 0.3) is 0 Å². The summed E-state index contributed by atoms with van der Waals surface area (Å²) >= 11 is 1.58. The van der Waals surface area contributed by atoms with Gasteiger partial charge < -0.3 is 14.1 Å². The van der Waals surface area contributed by atoms with E-state index >= 15 is 0 Å². The highest BCUT2D eigenvalue weighted by Crippen LogP contribution is 2.41. The average molecular weight is 417 g/mol. The Kier molecular flexibility index (Phi) is 6.11. The van der Waals surface area contributed by atoms with E-state index in [4.69, 9.17) is 9.16 Å². The number of nitrogens with zero attached hydrogens (tertiary/aromatic N) is 1. The predicted molar refractivity (Wildman–Crippen MR) is 106 cm³/mol. The van der Waals surface area contributed by atoms with E-state index in [0.29, 0.717) is 11.3 Å². The number of esters is 1. The largest absolute Gasteiger partial charge is 0.515 e. The maximum absolute atomic E-state index is 12.8. The molecule has 2 heterocycles. The van der Waals surface area contributed by atoms with Crippen LogP contribution in [-0.2, 0) is 23.5 Å². The summed E-state index contributed by atoms with van der Waals surface area (Å²) in [6.07, 6.45) is 0. The van der Waals surface area contributed by atoms with Crippen molar-refractivity contribution in [1.29, 1.82) is 0 Å². The van der Waals surface area contributed by atoms with Crippen LogP contribution < -0.4 is 4.98 Å². The Morgan fingerprint density at radius 1 is 1.23 bits per heavy atom. The predicted octanol–water partition coefficient (Wildman–Crippen LogP) is 1.89. The van der Waals surface area contributed by atoms with E-state index < -0.39 is 28.5 Å². The Balaban J connectivity index is 2.30. The summed E-state index contributed by atoms with van der Waals surface area (Å²) in [4.78, 5) is 41.7. The highest BCUT2D eigenvalue weighted by molar-refractivity contribution is 8.00. The third kappa shape index (κ3) is 4.99. The first-order valence-electron chi connectivity index (χ1n) is 8.61. The molecule has 0 aromatic heterocycles. The molecule has 0 aromatic rings. The average Bonchev–Trinajstić information content (AvgIpc) is 2.46. The number of nitrogens with one attached hydrogen (secondary N) is 1. The van der Waals surface area contributed by atoms with Gasteiger partial charge in [0.05, 0.1) is 0 Å². The highest BCUT2D eigenvalue weighted by Gasteiger charge is 2.54. The van der Waals surface area contributed by atoms with Gasteiger partial charge in [-0.3, -0.25) is 14.5 Å². The summed E-state index contributed by atoms with van der Waals surface area (Å²) < 4.78 is 10.7. The molecule has 1 N–H and O–H groups in total. The number of amides is 1. The Morgan fingerprint density at radius 2 is 1.85 bits per heavy atom. The van der Waals surface area contributed by atoms with Crippen LogP contribution in [0.15, 0.2) is 11.3 Å². The molecule has 0 saturated carbocycles. The van der Waals surface area contributed by atoms with E-state index in [-0.39, 0.29) is 29.6 Å². The van der Waals surface area contributed by atoms with Crippen molar-refractivity contribution in [2.45, 2.75) is 57.6 Å². The van der Waals surface area contributed by atoms with E-state index in [1.807, 2.05) is 19.6 Å². The lowest BCUT2D eigenvalue weighted by atomic mass is 10.0. The van der Waals surface area contributed by atoms with Gasteiger partial charge in [-0.05, 0) is 19.6 Å². The molecule has 2 aliphatic heterocycles. The van der Waals surface area contributed by atoms with E-state index in [2.05, 4.69) is 24.6 Å². The molecule has 1 saturated heterocycles. The van der Waals surface area contributed by atoms with Gasteiger partial charge in [0.1, 0.15) is 32.0 Å². The van der Waals surface area contributed by atoms with Gasteiger partial charge in [0.2, 0.25) is 14.2 Å². The highest BCUT2D eigenvalue weighted by atomic mass is 32.2. The molecule has 1 amide bonds. The molecule has 10 heteroatoms. The number of hydrogen-bond acceptors (Lipinski definition) is 7. The van der Waals surface area contributed by atoms with Crippen LogP contribution in [0.3, 0.4) is 0 Å². The van der Waals surface area contributed by atoms with Crippen molar-refractivity contribution in [3.05, 3.63) is 11.3 Å². The monoisotopic (exact) mass is 416 g/mol. The quantitative estimate of drug-likeness (QED) is 0.402. The third-order valence-electron chi connectivity index (χ3n) is 3.68. The van der Waals surface area contributed by atoms with Gasteiger partial charge in [-0.1, -0.05) is 19.6 Å². The van der Waals surface area contributed by atoms with Crippen LogP contribution in [0.4, 0.5) is 0 Å². The first kappa shape index (κ1) is 21.2. The minimum absolute atomic E-state index is 0.00107. The van der Waals surface area contributed by atoms with Crippen LogP contribution in [-0.4, -0.2) is 63.1 Å². The van der Waals surface area contributed by atoms with Crippen molar-refractivity contribution in [3.63, 3.8) is 0 Å². The number of carbonyl (C=O) groups is 3. The van der Waals surface area contributed by atoms with Gasteiger partial charge in [-0.2, -0.15) is 0 Å². The summed E-state index contributed by atoms with van der Waals surface area (Å²) in [5, 5.41) is -0.125. The van der Waals surface area contributed by atoms with E-state index in [9.17, 15) is 14.4 Å². The molecule has 0 bridgehead atoms. The fourth-order valence-electron chi connectivity index (χ4n) is 2.76. The van der Waals surface area contributed by atoms with Crippen LogP contribution in [0.2, 0.25) is 39.3 Å². The Bertz CT molecular complexity index is 654. The summed E-state index contributed by atoms with van der Waals surface area (Å²) in [7, 11) is -3.78.